The normalized spacial score (nSPS) is 11.6. The van der Waals surface area contributed by atoms with E-state index < -0.39 is 10.8 Å². The summed E-state index contributed by atoms with van der Waals surface area (Å²) >= 11 is 1.15. The predicted octanol–water partition coefficient (Wildman–Crippen LogP) is 4.25. The van der Waals surface area contributed by atoms with Crippen molar-refractivity contribution < 1.29 is 9.59 Å². The first-order valence-corrected chi connectivity index (χ1v) is 11.8. The van der Waals surface area contributed by atoms with Crippen molar-refractivity contribution in [3.8, 4) is 11.3 Å². The number of H-pyrrole nitrogens is 1. The van der Waals surface area contributed by atoms with E-state index in [9.17, 15) is 14.4 Å². The number of amides is 2. The van der Waals surface area contributed by atoms with E-state index in [1.807, 2.05) is 31.2 Å². The molecule has 8 nitrogen and oxygen atoms in total. The first kappa shape index (κ1) is 24.2. The third-order valence-electron chi connectivity index (χ3n) is 4.97. The summed E-state index contributed by atoms with van der Waals surface area (Å²) < 4.78 is 0. The van der Waals surface area contributed by atoms with Crippen LogP contribution in [0.5, 0.6) is 0 Å². The lowest BCUT2D eigenvalue weighted by Gasteiger charge is -2.14. The SMILES string of the molecule is CCC(=O)Nc1ccccc1-c1nnc(S[C@@H](CC)C(=O)Nc2cccc(CC)c2)[nH]c1=O. The molecule has 1 heterocycles. The van der Waals surface area contributed by atoms with Crippen LogP contribution in [0.2, 0.25) is 0 Å². The zero-order valence-electron chi connectivity index (χ0n) is 18.8. The lowest BCUT2D eigenvalue weighted by atomic mass is 10.1. The van der Waals surface area contributed by atoms with Crippen molar-refractivity contribution in [3.05, 3.63) is 64.4 Å². The van der Waals surface area contributed by atoms with Gasteiger partial charge in [0, 0.05) is 17.7 Å². The molecule has 0 bridgehead atoms. The van der Waals surface area contributed by atoms with E-state index >= 15 is 0 Å². The molecule has 2 aromatic carbocycles. The molecule has 3 N–H and O–H groups in total. The number of nitrogens with zero attached hydrogens (tertiary/aromatic N) is 2. The summed E-state index contributed by atoms with van der Waals surface area (Å²) in [5, 5.41) is 13.7. The molecule has 0 fully saturated rings. The van der Waals surface area contributed by atoms with Gasteiger partial charge in [-0.3, -0.25) is 19.4 Å². The predicted molar refractivity (Wildman–Crippen MR) is 131 cm³/mol. The Bertz CT molecular complexity index is 1190. The van der Waals surface area contributed by atoms with Gasteiger partial charge in [-0.15, -0.1) is 10.2 Å². The van der Waals surface area contributed by atoms with Crippen LogP contribution in [-0.2, 0) is 16.0 Å². The number of anilines is 2. The van der Waals surface area contributed by atoms with Gasteiger partial charge in [-0.1, -0.05) is 62.9 Å². The van der Waals surface area contributed by atoms with Crippen LogP contribution >= 0.6 is 11.8 Å². The van der Waals surface area contributed by atoms with Crippen molar-refractivity contribution in [1.29, 1.82) is 0 Å². The fourth-order valence-corrected chi connectivity index (χ4v) is 3.98. The molecule has 0 aliphatic rings. The largest absolute Gasteiger partial charge is 0.325 e. The zero-order chi connectivity index (χ0) is 23.8. The van der Waals surface area contributed by atoms with Gasteiger partial charge in [-0.2, -0.15) is 0 Å². The molecule has 0 unspecified atom stereocenters. The number of para-hydroxylation sites is 1. The van der Waals surface area contributed by atoms with E-state index in [4.69, 9.17) is 0 Å². The van der Waals surface area contributed by atoms with Crippen LogP contribution in [0.1, 0.15) is 39.2 Å². The summed E-state index contributed by atoms with van der Waals surface area (Å²) in [4.78, 5) is 40.1. The molecule has 172 valence electrons. The molecule has 0 aliphatic carbocycles. The van der Waals surface area contributed by atoms with Gasteiger partial charge >= 0.3 is 0 Å². The molecule has 0 saturated carbocycles. The summed E-state index contributed by atoms with van der Waals surface area (Å²) in [6.07, 6.45) is 1.74. The maximum atomic E-state index is 12.8. The van der Waals surface area contributed by atoms with Gasteiger partial charge in [-0.05, 0) is 36.6 Å². The van der Waals surface area contributed by atoms with E-state index in [2.05, 4.69) is 32.7 Å². The zero-order valence-corrected chi connectivity index (χ0v) is 19.7. The molecule has 9 heteroatoms. The van der Waals surface area contributed by atoms with Crippen molar-refractivity contribution in [1.82, 2.24) is 15.2 Å². The third kappa shape index (κ3) is 6.29. The van der Waals surface area contributed by atoms with Gasteiger partial charge in [0.1, 0.15) is 0 Å². The molecule has 0 spiro atoms. The van der Waals surface area contributed by atoms with Crippen LogP contribution in [-0.4, -0.2) is 32.2 Å². The van der Waals surface area contributed by atoms with Gasteiger partial charge in [-0.25, -0.2) is 0 Å². The highest BCUT2D eigenvalue weighted by Gasteiger charge is 2.21. The average Bonchev–Trinajstić information content (AvgIpc) is 2.83. The fraction of sp³-hybridized carbons (Fsp3) is 0.292. The molecule has 1 aromatic heterocycles. The van der Waals surface area contributed by atoms with Gasteiger partial charge < -0.3 is 10.6 Å². The van der Waals surface area contributed by atoms with Crippen LogP contribution in [0.15, 0.2) is 58.5 Å². The highest BCUT2D eigenvalue weighted by Crippen LogP contribution is 2.26. The first-order chi connectivity index (χ1) is 15.9. The lowest BCUT2D eigenvalue weighted by molar-refractivity contribution is -0.116. The monoisotopic (exact) mass is 465 g/mol. The second-order valence-corrected chi connectivity index (χ2v) is 8.50. The summed E-state index contributed by atoms with van der Waals surface area (Å²) in [6, 6.07) is 14.6. The van der Waals surface area contributed by atoms with Gasteiger partial charge in [0.15, 0.2) is 10.9 Å². The minimum atomic E-state index is -0.456. The maximum absolute atomic E-state index is 12.8. The highest BCUT2D eigenvalue weighted by molar-refractivity contribution is 8.00. The lowest BCUT2D eigenvalue weighted by Crippen LogP contribution is -2.25. The summed E-state index contributed by atoms with van der Waals surface area (Å²) in [7, 11) is 0. The molecular formula is C24H27N5O3S. The van der Waals surface area contributed by atoms with E-state index in [-0.39, 0.29) is 22.7 Å². The Morgan fingerprint density at radius 3 is 2.52 bits per heavy atom. The maximum Gasteiger partial charge on any atom is 0.278 e. The number of aryl methyl sites for hydroxylation is 1. The highest BCUT2D eigenvalue weighted by atomic mass is 32.2. The molecule has 3 aromatic rings. The van der Waals surface area contributed by atoms with Gasteiger partial charge in [0.05, 0.1) is 10.9 Å². The molecule has 2 amide bonds. The number of nitrogens with one attached hydrogen (secondary N) is 3. The number of aromatic amines is 1. The Labute approximate surface area is 196 Å². The van der Waals surface area contributed by atoms with E-state index in [1.165, 1.54) is 0 Å². The van der Waals surface area contributed by atoms with E-state index in [0.29, 0.717) is 24.1 Å². The average molecular weight is 466 g/mol. The smallest absolute Gasteiger partial charge is 0.278 e. The van der Waals surface area contributed by atoms with Crippen LogP contribution < -0.4 is 16.2 Å². The van der Waals surface area contributed by atoms with Gasteiger partial charge in [0.2, 0.25) is 11.8 Å². The standard InChI is InChI=1S/C24H27N5O3S/c1-4-15-10-9-11-16(14-15)25-22(31)19(5-2)33-24-27-23(32)21(28-29-24)17-12-7-8-13-18(17)26-20(30)6-3/h7-14,19H,4-6H2,1-3H3,(H,25,31)(H,26,30)(H,27,29,32)/t19-/m0/s1. The van der Waals surface area contributed by atoms with Crippen LogP contribution in [0, 0.1) is 0 Å². The van der Waals surface area contributed by atoms with E-state index in [0.717, 1.165) is 29.4 Å². The second kappa shape index (κ2) is 11.4. The summed E-state index contributed by atoms with van der Waals surface area (Å²) in [5.74, 6) is -0.338. The van der Waals surface area contributed by atoms with Crippen molar-refractivity contribution in [2.45, 2.75) is 50.4 Å². The first-order valence-electron chi connectivity index (χ1n) is 10.9. The molecule has 1 atom stereocenters. The Hall–Kier alpha value is -3.46. The van der Waals surface area contributed by atoms with Crippen LogP contribution in [0.3, 0.4) is 0 Å². The van der Waals surface area contributed by atoms with Crippen molar-refractivity contribution in [3.63, 3.8) is 0 Å². The number of carbonyl (C=O) groups excluding carboxylic acids is 2. The quantitative estimate of drug-likeness (QED) is 0.407. The van der Waals surface area contributed by atoms with Crippen LogP contribution in [0.25, 0.3) is 11.3 Å². The number of hydrogen-bond donors (Lipinski definition) is 3. The third-order valence-corrected chi connectivity index (χ3v) is 6.21. The molecule has 0 radical (unpaired) electrons. The number of hydrogen-bond acceptors (Lipinski definition) is 6. The number of rotatable bonds is 9. The Morgan fingerprint density at radius 2 is 1.82 bits per heavy atom. The molecule has 33 heavy (non-hydrogen) atoms. The molecule has 0 saturated heterocycles. The minimum Gasteiger partial charge on any atom is -0.325 e. The Kier molecular flexibility index (Phi) is 8.37. The minimum absolute atomic E-state index is 0.0974. The van der Waals surface area contributed by atoms with E-state index in [1.54, 1.807) is 31.2 Å². The number of carbonyl (C=O) groups is 2. The number of benzene rings is 2. The van der Waals surface area contributed by atoms with Crippen LogP contribution in [0.4, 0.5) is 11.4 Å². The molecule has 3 rings (SSSR count). The topological polar surface area (TPSA) is 117 Å². The van der Waals surface area contributed by atoms with Crippen molar-refractivity contribution in [2.75, 3.05) is 10.6 Å². The molecule has 0 aliphatic heterocycles. The number of thioether (sulfide) groups is 1. The summed E-state index contributed by atoms with van der Waals surface area (Å²) in [6.45, 7) is 5.70. The number of aromatic nitrogens is 3. The van der Waals surface area contributed by atoms with Crippen molar-refractivity contribution in [2.24, 2.45) is 0 Å². The summed E-state index contributed by atoms with van der Waals surface area (Å²) in [5.41, 5.74) is 2.49. The Balaban J connectivity index is 1.77. The van der Waals surface area contributed by atoms with Crippen molar-refractivity contribution >= 4 is 35.0 Å². The Morgan fingerprint density at radius 1 is 1.03 bits per heavy atom. The molecular weight excluding hydrogens is 438 g/mol. The fourth-order valence-electron chi connectivity index (χ4n) is 3.14. The van der Waals surface area contributed by atoms with Gasteiger partial charge in [0.25, 0.3) is 5.56 Å². The second-order valence-electron chi connectivity index (χ2n) is 7.31.